The summed E-state index contributed by atoms with van der Waals surface area (Å²) in [5.74, 6) is 0. The summed E-state index contributed by atoms with van der Waals surface area (Å²) >= 11 is 3.23. The first-order valence-electron chi connectivity index (χ1n) is 6.24. The summed E-state index contributed by atoms with van der Waals surface area (Å²) in [4.78, 5) is 25.9. The van der Waals surface area contributed by atoms with E-state index in [0.717, 1.165) is 0 Å². The molecule has 0 saturated carbocycles. The molecule has 0 fully saturated rings. The Balaban J connectivity index is 2.60. The first-order chi connectivity index (χ1) is 9.23. The molecule has 1 heterocycles. The number of halogens is 1. The normalized spacial score (nSPS) is 12.8. The van der Waals surface area contributed by atoms with Crippen molar-refractivity contribution >= 4 is 27.6 Å². The maximum Gasteiger partial charge on any atom is 0.319 e. The van der Waals surface area contributed by atoms with E-state index < -0.39 is 6.03 Å². The van der Waals surface area contributed by atoms with Crippen LogP contribution in [0.15, 0.2) is 21.5 Å². The highest BCUT2D eigenvalue weighted by atomic mass is 79.9. The summed E-state index contributed by atoms with van der Waals surface area (Å²) in [7, 11) is 1.63. The second kappa shape index (κ2) is 6.90. The molecular formula is C13H20BrN3O3. The van der Waals surface area contributed by atoms with Gasteiger partial charge in [-0.2, -0.15) is 0 Å². The Morgan fingerprint density at radius 3 is 2.80 bits per heavy atom. The van der Waals surface area contributed by atoms with Crippen molar-refractivity contribution in [3.05, 3.63) is 27.1 Å². The van der Waals surface area contributed by atoms with Gasteiger partial charge in [-0.15, -0.1) is 0 Å². The molecule has 112 valence electrons. The average molecular weight is 346 g/mol. The molecule has 20 heavy (non-hydrogen) atoms. The van der Waals surface area contributed by atoms with Crippen molar-refractivity contribution in [2.75, 3.05) is 12.4 Å². The van der Waals surface area contributed by atoms with Crippen LogP contribution in [0.25, 0.3) is 0 Å². The highest BCUT2D eigenvalue weighted by molar-refractivity contribution is 9.10. The number of carbonyl (C=O) groups is 1. The van der Waals surface area contributed by atoms with Gasteiger partial charge < -0.3 is 20.4 Å². The number of pyridine rings is 1. The number of amides is 2. The zero-order chi connectivity index (χ0) is 15.3. The maximum atomic E-state index is 11.8. The fourth-order valence-electron chi connectivity index (χ4n) is 1.80. The van der Waals surface area contributed by atoms with E-state index in [1.165, 1.54) is 6.20 Å². The minimum atomic E-state index is -0.423. The van der Waals surface area contributed by atoms with E-state index in [0.29, 0.717) is 10.9 Å². The van der Waals surface area contributed by atoms with Crippen molar-refractivity contribution in [3.8, 4) is 0 Å². The van der Waals surface area contributed by atoms with Gasteiger partial charge >= 0.3 is 6.03 Å². The molecule has 0 spiro atoms. The van der Waals surface area contributed by atoms with Crippen molar-refractivity contribution in [1.29, 1.82) is 0 Å². The summed E-state index contributed by atoms with van der Waals surface area (Å²) in [6, 6.07) is 1.03. The number of urea groups is 1. The molecule has 1 aromatic heterocycles. The second-order valence-corrected chi connectivity index (χ2v) is 6.14. The van der Waals surface area contributed by atoms with Crippen LogP contribution in [0.5, 0.6) is 0 Å². The highest BCUT2D eigenvalue weighted by Gasteiger charge is 2.21. The largest absolute Gasteiger partial charge is 0.379 e. The van der Waals surface area contributed by atoms with Crippen molar-refractivity contribution in [2.24, 2.45) is 0 Å². The fraction of sp³-hybridized carbons (Fsp3) is 0.538. The third kappa shape index (κ3) is 5.34. The van der Waals surface area contributed by atoms with E-state index in [4.69, 9.17) is 4.74 Å². The Bertz CT molecular complexity index is 528. The van der Waals surface area contributed by atoms with Crippen LogP contribution < -0.4 is 16.2 Å². The van der Waals surface area contributed by atoms with Gasteiger partial charge in [0.2, 0.25) is 0 Å². The lowest BCUT2D eigenvalue weighted by Gasteiger charge is -2.27. The van der Waals surface area contributed by atoms with Gasteiger partial charge in [0, 0.05) is 23.8 Å². The number of ether oxygens (including phenoxy) is 1. The number of nitrogens with one attached hydrogen (secondary N) is 3. The highest BCUT2D eigenvalue weighted by Crippen LogP contribution is 2.15. The van der Waals surface area contributed by atoms with E-state index in [1.807, 2.05) is 20.8 Å². The van der Waals surface area contributed by atoms with Gasteiger partial charge in [-0.3, -0.25) is 4.79 Å². The molecule has 0 aromatic carbocycles. The van der Waals surface area contributed by atoms with Gasteiger partial charge in [-0.05, 0) is 49.2 Å². The molecule has 0 radical (unpaired) electrons. The van der Waals surface area contributed by atoms with Gasteiger partial charge in [0.25, 0.3) is 5.56 Å². The van der Waals surface area contributed by atoms with Crippen molar-refractivity contribution < 1.29 is 9.53 Å². The molecule has 0 aliphatic carbocycles. The lowest BCUT2D eigenvalue weighted by Crippen LogP contribution is -2.41. The molecule has 1 unspecified atom stereocenters. The lowest BCUT2D eigenvalue weighted by molar-refractivity contribution is 0.00963. The Kier molecular flexibility index (Phi) is 5.76. The zero-order valence-corrected chi connectivity index (χ0v) is 13.6. The van der Waals surface area contributed by atoms with Crippen LogP contribution in [-0.4, -0.2) is 29.8 Å². The minimum absolute atomic E-state index is 0.0869. The van der Waals surface area contributed by atoms with Gasteiger partial charge in [-0.1, -0.05) is 0 Å². The van der Waals surface area contributed by atoms with E-state index in [2.05, 4.69) is 31.5 Å². The molecule has 0 aliphatic heterocycles. The Hall–Kier alpha value is -1.34. The number of rotatable bonds is 5. The summed E-state index contributed by atoms with van der Waals surface area (Å²) in [5, 5.41) is 5.29. The Labute approximate surface area is 126 Å². The van der Waals surface area contributed by atoms with Crippen LogP contribution in [0.3, 0.4) is 0 Å². The van der Waals surface area contributed by atoms with Crippen LogP contribution in [0, 0.1) is 0 Å². The number of aromatic nitrogens is 1. The molecule has 3 N–H and O–H groups in total. The topological polar surface area (TPSA) is 83.2 Å². The van der Waals surface area contributed by atoms with Crippen LogP contribution in [0.4, 0.5) is 10.5 Å². The molecule has 2 amide bonds. The number of aromatic amines is 1. The number of hydrogen-bond acceptors (Lipinski definition) is 3. The standard InChI is InChI=1S/C13H20BrN3O3/c1-8(6-13(2,3)20-4)16-12(19)17-10-5-9(14)7-15-11(10)18/h5,7-8H,6H2,1-4H3,(H,15,18)(H2,16,17,19). The van der Waals surface area contributed by atoms with Gasteiger partial charge in [0.1, 0.15) is 5.69 Å². The van der Waals surface area contributed by atoms with E-state index >= 15 is 0 Å². The average Bonchev–Trinajstić information content (AvgIpc) is 2.33. The molecule has 0 aliphatic rings. The van der Waals surface area contributed by atoms with Crippen LogP contribution in [0.2, 0.25) is 0 Å². The van der Waals surface area contributed by atoms with Crippen molar-refractivity contribution in [1.82, 2.24) is 10.3 Å². The number of carbonyl (C=O) groups excluding carboxylic acids is 1. The number of hydrogen-bond donors (Lipinski definition) is 3. The maximum absolute atomic E-state index is 11.8. The summed E-state index contributed by atoms with van der Waals surface area (Å²) < 4.78 is 5.99. The van der Waals surface area contributed by atoms with Crippen LogP contribution in [-0.2, 0) is 4.74 Å². The van der Waals surface area contributed by atoms with Gasteiger partial charge in [0.05, 0.1) is 5.60 Å². The molecule has 6 nitrogen and oxygen atoms in total. The van der Waals surface area contributed by atoms with E-state index in [1.54, 1.807) is 13.2 Å². The zero-order valence-electron chi connectivity index (χ0n) is 12.0. The lowest BCUT2D eigenvalue weighted by atomic mass is 10.00. The molecule has 0 saturated heterocycles. The summed E-state index contributed by atoms with van der Waals surface area (Å²) in [6.45, 7) is 5.77. The van der Waals surface area contributed by atoms with Crippen molar-refractivity contribution in [2.45, 2.75) is 38.8 Å². The molecule has 1 aromatic rings. The quantitative estimate of drug-likeness (QED) is 0.766. The predicted octanol–water partition coefficient (Wildman–Crippen LogP) is 2.46. The first-order valence-corrected chi connectivity index (χ1v) is 7.04. The molecule has 0 bridgehead atoms. The SMILES string of the molecule is COC(C)(C)CC(C)NC(=O)Nc1cc(Br)c[nH]c1=O. The third-order valence-corrected chi connectivity index (χ3v) is 3.30. The minimum Gasteiger partial charge on any atom is -0.379 e. The molecule has 1 atom stereocenters. The second-order valence-electron chi connectivity index (χ2n) is 5.23. The molecular weight excluding hydrogens is 326 g/mol. The Morgan fingerprint density at radius 1 is 1.55 bits per heavy atom. The van der Waals surface area contributed by atoms with Crippen LogP contribution >= 0.6 is 15.9 Å². The smallest absolute Gasteiger partial charge is 0.319 e. The Morgan fingerprint density at radius 2 is 2.20 bits per heavy atom. The van der Waals surface area contributed by atoms with Crippen molar-refractivity contribution in [3.63, 3.8) is 0 Å². The van der Waals surface area contributed by atoms with Crippen LogP contribution in [0.1, 0.15) is 27.2 Å². The molecule has 7 heteroatoms. The molecule has 1 rings (SSSR count). The van der Waals surface area contributed by atoms with Gasteiger partial charge in [-0.25, -0.2) is 4.79 Å². The number of methoxy groups -OCH3 is 1. The fourth-order valence-corrected chi connectivity index (χ4v) is 2.15. The first kappa shape index (κ1) is 16.7. The number of anilines is 1. The van der Waals surface area contributed by atoms with Gasteiger partial charge in [0.15, 0.2) is 0 Å². The van der Waals surface area contributed by atoms with E-state index in [-0.39, 0.29) is 22.9 Å². The van der Waals surface area contributed by atoms with E-state index in [9.17, 15) is 9.59 Å². The number of H-pyrrole nitrogens is 1. The summed E-state index contributed by atoms with van der Waals surface area (Å²) in [5.41, 5.74) is -0.483. The monoisotopic (exact) mass is 345 g/mol. The third-order valence-electron chi connectivity index (χ3n) is 2.84. The predicted molar refractivity (Wildman–Crippen MR) is 82.1 cm³/mol. The summed E-state index contributed by atoms with van der Waals surface area (Å²) in [6.07, 6.45) is 2.17.